The SMILES string of the molecule is CC(C)(C)C1OC(CO)C(O)C(O)C1[18F]. The molecule has 0 aliphatic carbocycles. The molecule has 4 nitrogen and oxygen atoms in total. The Morgan fingerprint density at radius 1 is 1.20 bits per heavy atom. The molecule has 90 valence electrons. The van der Waals surface area contributed by atoms with Gasteiger partial charge in [-0.15, -0.1) is 0 Å². The Morgan fingerprint density at radius 2 is 1.73 bits per heavy atom. The molecule has 0 radical (unpaired) electrons. The van der Waals surface area contributed by atoms with E-state index in [4.69, 9.17) is 9.84 Å². The van der Waals surface area contributed by atoms with Gasteiger partial charge >= 0.3 is 0 Å². The molecule has 0 aromatic heterocycles. The molecule has 0 saturated carbocycles. The molecule has 0 bridgehead atoms. The normalized spacial score (nSPS) is 43.0. The molecule has 5 unspecified atom stereocenters. The standard InChI is InChI=1S/C10H19FO4/c1-10(2,3)9-6(11)8(14)7(13)5(4-12)15-9/h5-9,12-14H,4H2,1-3H3/i11-1. The van der Waals surface area contributed by atoms with E-state index < -0.39 is 42.6 Å². The minimum absolute atomic E-state index is 0.433. The third-order valence-corrected chi connectivity index (χ3v) is 2.70. The van der Waals surface area contributed by atoms with Gasteiger partial charge in [0.1, 0.15) is 18.3 Å². The lowest BCUT2D eigenvalue weighted by Crippen LogP contribution is -2.60. The van der Waals surface area contributed by atoms with E-state index in [2.05, 4.69) is 0 Å². The average Bonchev–Trinajstić information content (AvgIpc) is 2.13. The summed E-state index contributed by atoms with van der Waals surface area (Å²) in [5.41, 5.74) is -0.492. The van der Waals surface area contributed by atoms with Crippen LogP contribution in [0.25, 0.3) is 0 Å². The topological polar surface area (TPSA) is 69.9 Å². The van der Waals surface area contributed by atoms with Crippen LogP contribution in [0, 0.1) is 5.41 Å². The second-order valence-electron chi connectivity index (χ2n) is 5.07. The van der Waals surface area contributed by atoms with Crippen molar-refractivity contribution in [3.8, 4) is 0 Å². The fourth-order valence-corrected chi connectivity index (χ4v) is 1.76. The van der Waals surface area contributed by atoms with Crippen LogP contribution in [0.3, 0.4) is 0 Å². The fourth-order valence-electron chi connectivity index (χ4n) is 1.76. The summed E-state index contributed by atoms with van der Waals surface area (Å²) in [6, 6.07) is 0. The number of hydrogen-bond acceptors (Lipinski definition) is 4. The van der Waals surface area contributed by atoms with Crippen LogP contribution in [-0.2, 0) is 4.74 Å². The lowest BCUT2D eigenvalue weighted by atomic mass is 9.81. The van der Waals surface area contributed by atoms with Gasteiger partial charge in [0.2, 0.25) is 0 Å². The summed E-state index contributed by atoms with van der Waals surface area (Å²) in [5, 5.41) is 27.8. The number of ether oxygens (including phenoxy) is 1. The number of aliphatic hydroxyl groups excluding tert-OH is 3. The molecular weight excluding hydrogens is 202 g/mol. The number of halogens is 1. The monoisotopic (exact) mass is 221 g/mol. The molecule has 1 rings (SSSR count). The Kier molecular flexibility index (Phi) is 3.71. The van der Waals surface area contributed by atoms with Crippen LogP contribution in [0.15, 0.2) is 0 Å². The van der Waals surface area contributed by atoms with Crippen molar-refractivity contribution in [3.05, 3.63) is 0 Å². The number of hydrogen-bond donors (Lipinski definition) is 3. The van der Waals surface area contributed by atoms with Crippen LogP contribution in [0.2, 0.25) is 0 Å². The summed E-state index contributed by atoms with van der Waals surface area (Å²) in [5.74, 6) is 0. The molecule has 1 heterocycles. The van der Waals surface area contributed by atoms with E-state index >= 15 is 0 Å². The van der Waals surface area contributed by atoms with Crippen molar-refractivity contribution in [2.45, 2.75) is 51.4 Å². The highest BCUT2D eigenvalue weighted by molar-refractivity contribution is 4.96. The van der Waals surface area contributed by atoms with Gasteiger partial charge < -0.3 is 20.1 Å². The molecule has 0 aromatic rings. The van der Waals surface area contributed by atoms with Gasteiger partial charge in [-0.2, -0.15) is 0 Å². The molecule has 0 spiro atoms. The second kappa shape index (κ2) is 4.33. The fraction of sp³-hybridized carbons (Fsp3) is 1.00. The van der Waals surface area contributed by atoms with E-state index in [1.807, 2.05) is 0 Å². The van der Waals surface area contributed by atoms with Crippen LogP contribution in [0.4, 0.5) is 4.39 Å². The quantitative estimate of drug-likeness (QED) is 0.576. The van der Waals surface area contributed by atoms with E-state index in [1.54, 1.807) is 20.8 Å². The summed E-state index contributed by atoms with van der Waals surface area (Å²) in [6.45, 7) is 4.91. The average molecular weight is 221 g/mol. The molecule has 1 aliphatic rings. The predicted molar refractivity (Wildman–Crippen MR) is 52.1 cm³/mol. The van der Waals surface area contributed by atoms with Gasteiger partial charge in [-0.3, -0.25) is 0 Å². The van der Waals surface area contributed by atoms with Crippen LogP contribution in [0.1, 0.15) is 20.8 Å². The molecule has 5 atom stereocenters. The molecule has 1 fully saturated rings. The Labute approximate surface area is 88.7 Å². The lowest BCUT2D eigenvalue weighted by Gasteiger charge is -2.44. The van der Waals surface area contributed by atoms with Crippen LogP contribution < -0.4 is 0 Å². The van der Waals surface area contributed by atoms with Crippen molar-refractivity contribution in [2.24, 2.45) is 5.41 Å². The maximum Gasteiger partial charge on any atom is 0.155 e. The van der Waals surface area contributed by atoms with Crippen molar-refractivity contribution < 1.29 is 24.4 Å². The Morgan fingerprint density at radius 3 is 2.13 bits per heavy atom. The summed E-state index contributed by atoms with van der Waals surface area (Å²) < 4.78 is 18.9. The largest absolute Gasteiger partial charge is 0.394 e. The highest BCUT2D eigenvalue weighted by Crippen LogP contribution is 2.34. The van der Waals surface area contributed by atoms with Gasteiger partial charge in [-0.25, -0.2) is 4.39 Å². The lowest BCUT2D eigenvalue weighted by molar-refractivity contribution is -0.234. The number of aliphatic hydroxyl groups is 3. The molecule has 15 heavy (non-hydrogen) atoms. The molecule has 1 saturated heterocycles. The first kappa shape index (κ1) is 12.8. The number of rotatable bonds is 1. The summed E-state index contributed by atoms with van der Waals surface area (Å²) >= 11 is 0. The summed E-state index contributed by atoms with van der Waals surface area (Å²) in [7, 11) is 0. The smallest absolute Gasteiger partial charge is 0.155 e. The van der Waals surface area contributed by atoms with Gasteiger partial charge in [-0.05, 0) is 5.41 Å². The van der Waals surface area contributed by atoms with Crippen LogP contribution >= 0.6 is 0 Å². The van der Waals surface area contributed by atoms with Crippen molar-refractivity contribution in [2.75, 3.05) is 6.61 Å². The zero-order valence-electron chi connectivity index (χ0n) is 9.22. The molecule has 1 aliphatic heterocycles. The maximum atomic E-state index is 13.7. The Hall–Kier alpha value is -0.230. The first-order chi connectivity index (χ1) is 6.79. The minimum Gasteiger partial charge on any atom is -0.394 e. The van der Waals surface area contributed by atoms with Gasteiger partial charge in [0, 0.05) is 0 Å². The Bertz CT molecular complexity index is 214. The van der Waals surface area contributed by atoms with Gasteiger partial charge in [0.25, 0.3) is 0 Å². The Balaban J connectivity index is 2.83. The van der Waals surface area contributed by atoms with Crippen LogP contribution in [0.5, 0.6) is 0 Å². The molecule has 0 aromatic carbocycles. The van der Waals surface area contributed by atoms with E-state index in [-0.39, 0.29) is 0 Å². The third-order valence-electron chi connectivity index (χ3n) is 2.70. The minimum atomic E-state index is -1.64. The zero-order chi connectivity index (χ0) is 11.8. The highest BCUT2D eigenvalue weighted by atomic mass is 18.2. The van der Waals surface area contributed by atoms with Crippen molar-refractivity contribution in [3.63, 3.8) is 0 Å². The highest BCUT2D eigenvalue weighted by Gasteiger charge is 2.48. The van der Waals surface area contributed by atoms with E-state index in [0.717, 1.165) is 0 Å². The molecule has 5 heteroatoms. The van der Waals surface area contributed by atoms with E-state index in [0.29, 0.717) is 0 Å². The predicted octanol–water partition coefficient (Wildman–Crippen LogP) is -0.148. The van der Waals surface area contributed by atoms with Crippen molar-refractivity contribution >= 4 is 0 Å². The van der Waals surface area contributed by atoms with Crippen molar-refractivity contribution in [1.82, 2.24) is 0 Å². The third kappa shape index (κ3) is 2.47. The first-order valence-electron chi connectivity index (χ1n) is 5.05. The second-order valence-corrected chi connectivity index (χ2v) is 5.07. The first-order valence-corrected chi connectivity index (χ1v) is 5.05. The molecule has 0 amide bonds. The van der Waals surface area contributed by atoms with Gasteiger partial charge in [-0.1, -0.05) is 20.8 Å². The molecular formula is C10H19FO4. The summed E-state index contributed by atoms with van der Waals surface area (Å²) in [6.07, 6.45) is -6.25. The maximum absolute atomic E-state index is 13.7. The molecule has 3 N–H and O–H groups in total. The van der Waals surface area contributed by atoms with Gasteiger partial charge in [0.15, 0.2) is 6.17 Å². The zero-order valence-corrected chi connectivity index (χ0v) is 9.22. The van der Waals surface area contributed by atoms with E-state index in [9.17, 15) is 14.6 Å². The van der Waals surface area contributed by atoms with Gasteiger partial charge in [0.05, 0.1) is 12.7 Å². The van der Waals surface area contributed by atoms with Crippen molar-refractivity contribution in [1.29, 1.82) is 0 Å². The van der Waals surface area contributed by atoms with Crippen LogP contribution in [-0.4, -0.2) is 52.5 Å². The van der Waals surface area contributed by atoms with E-state index in [1.165, 1.54) is 0 Å². The number of alkyl halides is 1. The summed E-state index contributed by atoms with van der Waals surface area (Å²) in [4.78, 5) is 0.